The number of nitrogens with one attached hydrogen (secondary N) is 1. The lowest BCUT2D eigenvalue weighted by molar-refractivity contribution is -0.154. The highest BCUT2D eigenvalue weighted by molar-refractivity contribution is 5.95. The zero-order valence-corrected chi connectivity index (χ0v) is 13.3. The van der Waals surface area contributed by atoms with Gasteiger partial charge in [-0.05, 0) is 32.9 Å². The molecule has 1 aromatic heterocycles. The van der Waals surface area contributed by atoms with Crippen molar-refractivity contribution in [2.24, 2.45) is 0 Å². The van der Waals surface area contributed by atoms with Crippen LogP contribution in [0.15, 0.2) is 35.2 Å². The van der Waals surface area contributed by atoms with Gasteiger partial charge in [0.05, 0.1) is 6.42 Å². The van der Waals surface area contributed by atoms with Crippen LogP contribution in [0.25, 0.3) is 11.4 Å². The van der Waals surface area contributed by atoms with Crippen LogP contribution in [0.4, 0.5) is 0 Å². The average Bonchev–Trinajstić information content (AvgIpc) is 2.99. The summed E-state index contributed by atoms with van der Waals surface area (Å²) in [4.78, 5) is 27.6. The number of hydrogen-bond donors (Lipinski definition) is 1. The number of amides is 1. The minimum atomic E-state index is -0.528. The monoisotopic (exact) mass is 317 g/mol. The largest absolute Gasteiger partial charge is 0.460 e. The first kappa shape index (κ1) is 16.7. The maximum atomic E-state index is 12.1. The van der Waals surface area contributed by atoms with Crippen molar-refractivity contribution >= 4 is 11.9 Å². The van der Waals surface area contributed by atoms with Crippen molar-refractivity contribution in [1.82, 2.24) is 15.5 Å². The Morgan fingerprint density at radius 1 is 1.30 bits per heavy atom. The molecular formula is C16H19N3O4. The van der Waals surface area contributed by atoms with Gasteiger partial charge in [-0.1, -0.05) is 17.3 Å². The summed E-state index contributed by atoms with van der Waals surface area (Å²) in [5, 5.41) is 6.41. The standard InChI is InChI=1S/C16H19N3O4/c1-16(2,3)23-13(20)7-8-17-15(21)12-6-4-5-11(9-12)14-18-10-22-19-14/h4-6,9-10H,7-8H2,1-3H3,(H,17,21). The van der Waals surface area contributed by atoms with Crippen LogP contribution >= 0.6 is 0 Å². The minimum absolute atomic E-state index is 0.119. The predicted molar refractivity (Wildman–Crippen MR) is 82.5 cm³/mol. The van der Waals surface area contributed by atoms with E-state index < -0.39 is 5.60 Å². The molecule has 2 rings (SSSR count). The molecule has 0 saturated carbocycles. The van der Waals surface area contributed by atoms with Gasteiger partial charge in [0.2, 0.25) is 12.2 Å². The Morgan fingerprint density at radius 3 is 2.74 bits per heavy atom. The molecule has 7 nitrogen and oxygen atoms in total. The molecule has 0 aliphatic carbocycles. The molecule has 1 aromatic carbocycles. The van der Waals surface area contributed by atoms with Crippen molar-refractivity contribution in [2.45, 2.75) is 32.8 Å². The van der Waals surface area contributed by atoms with Gasteiger partial charge in [-0.15, -0.1) is 0 Å². The molecule has 0 saturated heterocycles. The molecule has 0 unspecified atom stereocenters. The van der Waals surface area contributed by atoms with E-state index in [1.807, 2.05) is 0 Å². The SMILES string of the molecule is CC(C)(C)OC(=O)CCNC(=O)c1cccc(-c2ncon2)c1. The second-order valence-electron chi connectivity index (χ2n) is 5.93. The van der Waals surface area contributed by atoms with Crippen LogP contribution in [0.2, 0.25) is 0 Å². The number of ether oxygens (including phenoxy) is 1. The van der Waals surface area contributed by atoms with Gasteiger partial charge in [-0.25, -0.2) is 0 Å². The molecule has 0 spiro atoms. The summed E-state index contributed by atoms with van der Waals surface area (Å²) in [5.41, 5.74) is 0.607. The van der Waals surface area contributed by atoms with Crippen molar-refractivity contribution in [2.75, 3.05) is 6.54 Å². The fourth-order valence-corrected chi connectivity index (χ4v) is 1.87. The number of rotatable bonds is 5. The normalized spacial score (nSPS) is 11.1. The lowest BCUT2D eigenvalue weighted by Crippen LogP contribution is -2.29. The van der Waals surface area contributed by atoms with Crippen LogP contribution in [0.3, 0.4) is 0 Å². The Bertz CT molecular complexity index is 675. The average molecular weight is 317 g/mol. The maximum Gasteiger partial charge on any atom is 0.308 e. The van der Waals surface area contributed by atoms with E-state index >= 15 is 0 Å². The van der Waals surface area contributed by atoms with Crippen LogP contribution in [-0.2, 0) is 9.53 Å². The summed E-state index contributed by atoms with van der Waals surface area (Å²) in [6.45, 7) is 5.60. The topological polar surface area (TPSA) is 94.3 Å². The highest BCUT2D eigenvalue weighted by Gasteiger charge is 2.16. The molecule has 0 aliphatic heterocycles. The van der Waals surface area contributed by atoms with E-state index in [0.29, 0.717) is 17.0 Å². The number of carbonyl (C=O) groups is 2. The minimum Gasteiger partial charge on any atom is -0.460 e. The predicted octanol–water partition coefficient (Wildman–Crippen LogP) is 2.20. The number of aromatic nitrogens is 2. The van der Waals surface area contributed by atoms with Crippen molar-refractivity contribution in [3.05, 3.63) is 36.2 Å². The van der Waals surface area contributed by atoms with E-state index in [0.717, 1.165) is 0 Å². The first-order chi connectivity index (χ1) is 10.8. The van der Waals surface area contributed by atoms with E-state index in [1.54, 1.807) is 45.0 Å². The number of carbonyl (C=O) groups excluding carboxylic acids is 2. The second kappa shape index (κ2) is 7.04. The highest BCUT2D eigenvalue weighted by Crippen LogP contribution is 2.16. The molecule has 1 N–H and O–H groups in total. The Labute approximate surface area is 134 Å². The van der Waals surface area contributed by atoms with Gasteiger partial charge in [0, 0.05) is 17.7 Å². The Hall–Kier alpha value is -2.70. The van der Waals surface area contributed by atoms with E-state index in [9.17, 15) is 9.59 Å². The van der Waals surface area contributed by atoms with Gasteiger partial charge >= 0.3 is 5.97 Å². The molecule has 23 heavy (non-hydrogen) atoms. The number of nitrogens with zero attached hydrogens (tertiary/aromatic N) is 2. The van der Waals surface area contributed by atoms with Crippen molar-refractivity contribution in [1.29, 1.82) is 0 Å². The van der Waals surface area contributed by atoms with Crippen molar-refractivity contribution < 1.29 is 18.8 Å². The molecule has 0 bridgehead atoms. The van der Waals surface area contributed by atoms with Gasteiger partial charge in [0.1, 0.15) is 5.60 Å². The summed E-state index contributed by atoms with van der Waals surface area (Å²) in [6, 6.07) is 6.84. The molecule has 2 aromatic rings. The Morgan fingerprint density at radius 2 is 2.09 bits per heavy atom. The van der Waals surface area contributed by atoms with Gasteiger partial charge in [0.15, 0.2) is 0 Å². The fraction of sp³-hybridized carbons (Fsp3) is 0.375. The maximum absolute atomic E-state index is 12.1. The van der Waals surface area contributed by atoms with E-state index in [2.05, 4.69) is 20.0 Å². The zero-order valence-electron chi connectivity index (χ0n) is 13.3. The van der Waals surface area contributed by atoms with Gasteiger partial charge in [-0.2, -0.15) is 4.98 Å². The molecule has 0 aliphatic rings. The van der Waals surface area contributed by atoms with Crippen LogP contribution in [0, 0.1) is 0 Å². The van der Waals surface area contributed by atoms with Crippen LogP contribution in [-0.4, -0.2) is 34.2 Å². The lowest BCUT2D eigenvalue weighted by atomic mass is 10.1. The van der Waals surface area contributed by atoms with E-state index in [-0.39, 0.29) is 24.8 Å². The molecule has 0 radical (unpaired) electrons. The zero-order chi connectivity index (χ0) is 16.9. The van der Waals surface area contributed by atoms with Crippen LogP contribution in [0.1, 0.15) is 37.6 Å². The summed E-state index contributed by atoms with van der Waals surface area (Å²) in [5.74, 6) is -0.217. The summed E-state index contributed by atoms with van der Waals surface area (Å²) in [7, 11) is 0. The quantitative estimate of drug-likeness (QED) is 0.850. The smallest absolute Gasteiger partial charge is 0.308 e. The number of hydrogen-bond acceptors (Lipinski definition) is 6. The second-order valence-corrected chi connectivity index (χ2v) is 5.93. The van der Waals surface area contributed by atoms with Gasteiger partial charge in [-0.3, -0.25) is 9.59 Å². The summed E-state index contributed by atoms with van der Waals surface area (Å²) in [6.07, 6.45) is 1.34. The van der Waals surface area contributed by atoms with Crippen LogP contribution < -0.4 is 5.32 Å². The molecule has 122 valence electrons. The fourth-order valence-electron chi connectivity index (χ4n) is 1.87. The third kappa shape index (κ3) is 5.21. The molecular weight excluding hydrogens is 298 g/mol. The molecule has 1 heterocycles. The highest BCUT2D eigenvalue weighted by atomic mass is 16.6. The molecule has 7 heteroatoms. The third-order valence-electron chi connectivity index (χ3n) is 2.78. The van der Waals surface area contributed by atoms with Gasteiger partial charge < -0.3 is 14.6 Å². The van der Waals surface area contributed by atoms with Crippen molar-refractivity contribution in [3.63, 3.8) is 0 Å². The molecule has 1 amide bonds. The lowest BCUT2D eigenvalue weighted by Gasteiger charge is -2.19. The third-order valence-corrected chi connectivity index (χ3v) is 2.78. The van der Waals surface area contributed by atoms with Gasteiger partial charge in [0.25, 0.3) is 5.91 Å². The summed E-state index contributed by atoms with van der Waals surface area (Å²) < 4.78 is 9.86. The molecule has 0 fully saturated rings. The molecule has 0 atom stereocenters. The first-order valence-corrected chi connectivity index (χ1v) is 7.22. The first-order valence-electron chi connectivity index (χ1n) is 7.22. The van der Waals surface area contributed by atoms with E-state index in [1.165, 1.54) is 6.39 Å². The Balaban J connectivity index is 1.89. The number of esters is 1. The summed E-state index contributed by atoms with van der Waals surface area (Å²) >= 11 is 0. The number of benzene rings is 1. The van der Waals surface area contributed by atoms with Crippen molar-refractivity contribution in [3.8, 4) is 11.4 Å². The van der Waals surface area contributed by atoms with E-state index in [4.69, 9.17) is 4.74 Å². The van der Waals surface area contributed by atoms with Crippen LogP contribution in [0.5, 0.6) is 0 Å². The Kier molecular flexibility index (Phi) is 5.10.